The molecule has 2 N–H and O–H groups in total. The molecule has 1 aliphatic rings. The second-order valence-electron chi connectivity index (χ2n) is 7.55. The molecule has 0 amide bonds. The summed E-state index contributed by atoms with van der Waals surface area (Å²) in [5, 5.41) is 21.2. The predicted molar refractivity (Wildman–Crippen MR) is 119 cm³/mol. The van der Waals surface area contributed by atoms with E-state index in [1.165, 1.54) is 0 Å². The topological polar surface area (TPSA) is 91.6 Å². The highest BCUT2D eigenvalue weighted by Gasteiger charge is 2.27. The molecule has 0 bridgehead atoms. The molecule has 2 atom stereocenters. The predicted octanol–water partition coefficient (Wildman–Crippen LogP) is 3.17. The maximum Gasteiger partial charge on any atom is 0.225 e. The van der Waals surface area contributed by atoms with Crippen molar-refractivity contribution < 1.29 is 14.9 Å². The lowest BCUT2D eigenvalue weighted by atomic mass is 10.0. The second-order valence-corrected chi connectivity index (χ2v) is 7.95. The van der Waals surface area contributed by atoms with Crippen molar-refractivity contribution in [3.05, 3.63) is 76.3 Å². The third kappa shape index (κ3) is 4.63. The first-order chi connectivity index (χ1) is 15.1. The van der Waals surface area contributed by atoms with E-state index in [4.69, 9.17) is 21.3 Å². The molecule has 0 saturated carbocycles. The largest absolute Gasteiger partial charge is 0.495 e. The van der Waals surface area contributed by atoms with Gasteiger partial charge in [0.15, 0.2) is 0 Å². The van der Waals surface area contributed by atoms with Gasteiger partial charge in [-0.25, -0.2) is 9.97 Å². The third-order valence-electron chi connectivity index (χ3n) is 5.58. The van der Waals surface area contributed by atoms with E-state index in [9.17, 15) is 10.2 Å². The van der Waals surface area contributed by atoms with Crippen molar-refractivity contribution in [2.45, 2.75) is 31.4 Å². The zero-order chi connectivity index (χ0) is 21.8. The van der Waals surface area contributed by atoms with E-state index >= 15 is 0 Å². The summed E-state index contributed by atoms with van der Waals surface area (Å²) in [4.78, 5) is 15.6. The van der Waals surface area contributed by atoms with Crippen LogP contribution in [0.5, 0.6) is 5.75 Å². The Morgan fingerprint density at radius 3 is 2.84 bits per heavy atom. The molecule has 2 aromatic heterocycles. The molecule has 4 rings (SSSR count). The lowest BCUT2D eigenvalue weighted by Gasteiger charge is -2.24. The van der Waals surface area contributed by atoms with Gasteiger partial charge in [-0.2, -0.15) is 0 Å². The molecule has 1 unspecified atom stereocenters. The molecule has 0 aliphatic carbocycles. The van der Waals surface area contributed by atoms with Crippen LogP contribution in [0.25, 0.3) is 0 Å². The van der Waals surface area contributed by atoms with Crippen LogP contribution in [0.1, 0.15) is 41.5 Å². The first kappa shape index (κ1) is 21.5. The molecule has 0 radical (unpaired) electrons. The normalized spacial score (nSPS) is 17.0. The van der Waals surface area contributed by atoms with Crippen LogP contribution in [-0.2, 0) is 6.42 Å². The summed E-state index contributed by atoms with van der Waals surface area (Å²) in [7, 11) is 1.58. The highest BCUT2D eigenvalue weighted by atomic mass is 35.5. The van der Waals surface area contributed by atoms with Gasteiger partial charge in [0.25, 0.3) is 0 Å². The SMILES string of the molecule is COc1ccc(Cc2nc(N3CCCC3CO)ncc2[C@H](O)c2ccccn2)cc1Cl. The average molecular weight is 441 g/mol. The second kappa shape index (κ2) is 9.60. The number of hydrogen-bond acceptors (Lipinski definition) is 7. The maximum atomic E-state index is 11.0. The lowest BCUT2D eigenvalue weighted by Crippen LogP contribution is -2.33. The fraction of sp³-hybridized carbons (Fsp3) is 0.348. The highest BCUT2D eigenvalue weighted by Crippen LogP contribution is 2.30. The summed E-state index contributed by atoms with van der Waals surface area (Å²) in [5.74, 6) is 1.16. The summed E-state index contributed by atoms with van der Waals surface area (Å²) in [6.45, 7) is 0.853. The van der Waals surface area contributed by atoms with E-state index in [-0.39, 0.29) is 12.6 Å². The summed E-state index contributed by atoms with van der Waals surface area (Å²) in [6.07, 6.45) is 4.70. The standard InChI is InChI=1S/C23H25ClN4O3/c1-31-21-8-7-15(11-18(21)24)12-20-17(22(30)19-6-2-3-9-25-19)13-26-23(27-20)28-10-4-5-16(28)14-29/h2-3,6-9,11,13,16,22,29-30H,4-5,10,12,14H2,1H3/t16?,22-/m0/s1. The van der Waals surface area contributed by atoms with Crippen molar-refractivity contribution >= 4 is 17.5 Å². The highest BCUT2D eigenvalue weighted by molar-refractivity contribution is 6.32. The molecule has 3 heterocycles. The van der Waals surface area contributed by atoms with Crippen LogP contribution in [-0.4, -0.2) is 51.5 Å². The Kier molecular flexibility index (Phi) is 6.65. The Balaban J connectivity index is 1.73. The van der Waals surface area contributed by atoms with E-state index < -0.39 is 6.10 Å². The van der Waals surface area contributed by atoms with Crippen molar-refractivity contribution in [1.82, 2.24) is 15.0 Å². The Bertz CT molecular complexity index is 1030. The van der Waals surface area contributed by atoms with Crippen LogP contribution < -0.4 is 9.64 Å². The fourth-order valence-corrected chi connectivity index (χ4v) is 4.20. The van der Waals surface area contributed by atoms with Gasteiger partial charge in [0.2, 0.25) is 5.95 Å². The lowest BCUT2D eigenvalue weighted by molar-refractivity contribution is 0.213. The number of aliphatic hydroxyl groups excluding tert-OH is 2. The van der Waals surface area contributed by atoms with E-state index in [0.717, 1.165) is 24.9 Å². The number of nitrogens with zero attached hydrogens (tertiary/aromatic N) is 4. The van der Waals surface area contributed by atoms with Gasteiger partial charge < -0.3 is 19.8 Å². The molecule has 1 saturated heterocycles. The first-order valence-electron chi connectivity index (χ1n) is 10.3. The number of aliphatic hydroxyl groups is 2. The third-order valence-corrected chi connectivity index (χ3v) is 5.88. The monoisotopic (exact) mass is 440 g/mol. The van der Waals surface area contributed by atoms with Crippen molar-refractivity contribution in [3.8, 4) is 5.75 Å². The summed E-state index contributed by atoms with van der Waals surface area (Å²) >= 11 is 6.31. The van der Waals surface area contributed by atoms with Crippen LogP contribution >= 0.6 is 11.6 Å². The van der Waals surface area contributed by atoms with Crippen molar-refractivity contribution in [1.29, 1.82) is 0 Å². The number of rotatable bonds is 7. The van der Waals surface area contributed by atoms with Gasteiger partial charge in [0, 0.05) is 30.9 Å². The number of methoxy groups -OCH3 is 1. The van der Waals surface area contributed by atoms with E-state index in [2.05, 4.69) is 9.97 Å². The van der Waals surface area contributed by atoms with Crippen LogP contribution in [0.3, 0.4) is 0 Å². The number of pyridine rings is 1. The number of aromatic nitrogens is 3. The minimum Gasteiger partial charge on any atom is -0.495 e. The molecule has 162 valence electrons. The Morgan fingerprint density at radius 1 is 1.26 bits per heavy atom. The zero-order valence-corrected chi connectivity index (χ0v) is 18.0. The zero-order valence-electron chi connectivity index (χ0n) is 17.3. The number of hydrogen-bond donors (Lipinski definition) is 2. The van der Waals surface area contributed by atoms with Gasteiger partial charge in [0.05, 0.1) is 36.2 Å². The first-order valence-corrected chi connectivity index (χ1v) is 10.6. The minimum atomic E-state index is -0.953. The van der Waals surface area contributed by atoms with Crippen LogP contribution in [0.15, 0.2) is 48.8 Å². The Morgan fingerprint density at radius 2 is 2.13 bits per heavy atom. The summed E-state index contributed by atoms with van der Waals surface area (Å²) in [6, 6.07) is 11.0. The molecule has 1 fully saturated rings. The van der Waals surface area contributed by atoms with Crippen molar-refractivity contribution in [2.24, 2.45) is 0 Å². The van der Waals surface area contributed by atoms with Crippen LogP contribution in [0, 0.1) is 0 Å². The van der Waals surface area contributed by atoms with Gasteiger partial charge in [-0.3, -0.25) is 4.98 Å². The van der Waals surface area contributed by atoms with Crippen LogP contribution in [0.2, 0.25) is 5.02 Å². The average Bonchev–Trinajstić information content (AvgIpc) is 3.28. The van der Waals surface area contributed by atoms with E-state index in [1.807, 2.05) is 29.2 Å². The van der Waals surface area contributed by atoms with Crippen molar-refractivity contribution in [2.75, 3.05) is 25.2 Å². The smallest absolute Gasteiger partial charge is 0.225 e. The van der Waals surface area contributed by atoms with Gasteiger partial charge in [0.1, 0.15) is 11.9 Å². The van der Waals surface area contributed by atoms with E-state index in [1.54, 1.807) is 31.6 Å². The molecule has 0 spiro atoms. The fourth-order valence-electron chi connectivity index (χ4n) is 3.92. The summed E-state index contributed by atoms with van der Waals surface area (Å²) < 4.78 is 5.24. The van der Waals surface area contributed by atoms with Gasteiger partial charge in [-0.15, -0.1) is 0 Å². The molecule has 7 nitrogen and oxygen atoms in total. The van der Waals surface area contributed by atoms with Gasteiger partial charge in [-0.05, 0) is 42.7 Å². The molecular formula is C23H25ClN4O3. The molecule has 1 aliphatic heterocycles. The maximum absolute atomic E-state index is 11.0. The Labute approximate surface area is 186 Å². The van der Waals surface area contributed by atoms with Crippen molar-refractivity contribution in [3.63, 3.8) is 0 Å². The molecule has 1 aromatic carbocycles. The summed E-state index contributed by atoms with van der Waals surface area (Å²) in [5.41, 5.74) is 2.74. The molecule has 31 heavy (non-hydrogen) atoms. The number of ether oxygens (including phenoxy) is 1. The number of halogens is 1. The molecule has 8 heteroatoms. The molecular weight excluding hydrogens is 416 g/mol. The van der Waals surface area contributed by atoms with Gasteiger partial charge in [-0.1, -0.05) is 23.7 Å². The Hall–Kier alpha value is -2.74. The number of anilines is 1. The minimum absolute atomic E-state index is 0.00912. The number of benzene rings is 1. The quantitative estimate of drug-likeness (QED) is 0.583. The van der Waals surface area contributed by atoms with Crippen LogP contribution in [0.4, 0.5) is 5.95 Å². The van der Waals surface area contributed by atoms with E-state index in [0.29, 0.717) is 40.1 Å². The molecule has 3 aromatic rings. The van der Waals surface area contributed by atoms with Gasteiger partial charge >= 0.3 is 0 Å².